The number of rotatable bonds is 2. The van der Waals surface area contributed by atoms with Gasteiger partial charge in [0.15, 0.2) is 0 Å². The van der Waals surface area contributed by atoms with Crippen LogP contribution in [0.3, 0.4) is 0 Å². The molecule has 0 atom stereocenters. The second kappa shape index (κ2) is 7.70. The molecule has 1 N–H and O–H groups in total. The van der Waals surface area contributed by atoms with Gasteiger partial charge in [-0.15, -0.1) is 0 Å². The molecule has 0 aromatic heterocycles. The Labute approximate surface area is 154 Å². The van der Waals surface area contributed by atoms with Crippen LogP contribution in [0.5, 0.6) is 0 Å². The van der Waals surface area contributed by atoms with E-state index >= 15 is 0 Å². The third-order valence-electron chi connectivity index (χ3n) is 4.12. The van der Waals surface area contributed by atoms with Crippen molar-refractivity contribution in [1.82, 2.24) is 9.80 Å². The molecule has 1 aliphatic rings. The van der Waals surface area contributed by atoms with Crippen LogP contribution < -0.4 is 5.32 Å². The number of nitrogens with zero attached hydrogens (tertiary/aromatic N) is 2. The second-order valence-electron chi connectivity index (χ2n) is 5.84. The zero-order valence-corrected chi connectivity index (χ0v) is 14.5. The van der Waals surface area contributed by atoms with Crippen LogP contribution in [-0.2, 0) is 0 Å². The molecule has 0 spiro atoms. The van der Waals surface area contributed by atoms with Crippen LogP contribution >= 0.6 is 11.6 Å². The van der Waals surface area contributed by atoms with Gasteiger partial charge < -0.3 is 15.1 Å². The number of urea groups is 1. The number of amides is 3. The van der Waals surface area contributed by atoms with Gasteiger partial charge in [0.05, 0.1) is 5.69 Å². The summed E-state index contributed by atoms with van der Waals surface area (Å²) in [5.74, 6) is -1.68. The SMILES string of the molecule is O=C(Nc1ccc(F)cc1F)N1CCN(C(=O)c2ccc(Cl)cc2)CC1. The van der Waals surface area contributed by atoms with Gasteiger partial charge in [-0.1, -0.05) is 11.6 Å². The van der Waals surface area contributed by atoms with Crippen molar-refractivity contribution >= 4 is 29.2 Å². The van der Waals surface area contributed by atoms with Gasteiger partial charge >= 0.3 is 6.03 Å². The summed E-state index contributed by atoms with van der Waals surface area (Å²) in [6.07, 6.45) is 0. The van der Waals surface area contributed by atoms with Crippen LogP contribution in [0.4, 0.5) is 19.3 Å². The molecular formula is C18H16ClF2N3O2. The maximum absolute atomic E-state index is 13.6. The number of carbonyl (C=O) groups excluding carboxylic acids is 2. The first-order chi connectivity index (χ1) is 12.4. The van der Waals surface area contributed by atoms with Crippen LogP contribution in [0.2, 0.25) is 5.02 Å². The Kier molecular flexibility index (Phi) is 5.37. The minimum atomic E-state index is -0.838. The molecule has 26 heavy (non-hydrogen) atoms. The molecule has 0 aliphatic carbocycles. The van der Waals surface area contributed by atoms with Crippen molar-refractivity contribution in [2.45, 2.75) is 0 Å². The summed E-state index contributed by atoms with van der Waals surface area (Å²) >= 11 is 5.82. The summed E-state index contributed by atoms with van der Waals surface area (Å²) in [5, 5.41) is 2.97. The Balaban J connectivity index is 1.56. The molecule has 0 unspecified atom stereocenters. The van der Waals surface area contributed by atoms with Gasteiger partial charge in [0, 0.05) is 42.8 Å². The Bertz CT molecular complexity index is 822. The van der Waals surface area contributed by atoms with E-state index in [1.165, 1.54) is 11.0 Å². The van der Waals surface area contributed by atoms with E-state index in [0.29, 0.717) is 42.8 Å². The molecule has 136 valence electrons. The van der Waals surface area contributed by atoms with Crippen molar-refractivity contribution in [2.75, 3.05) is 31.5 Å². The minimum absolute atomic E-state index is 0.0870. The van der Waals surface area contributed by atoms with Crippen molar-refractivity contribution in [3.8, 4) is 0 Å². The number of hydrogen-bond donors (Lipinski definition) is 1. The van der Waals surface area contributed by atoms with Crippen LogP contribution in [0.25, 0.3) is 0 Å². The molecule has 1 saturated heterocycles. The lowest BCUT2D eigenvalue weighted by Crippen LogP contribution is -2.51. The van der Waals surface area contributed by atoms with E-state index in [4.69, 9.17) is 11.6 Å². The van der Waals surface area contributed by atoms with Crippen molar-refractivity contribution in [3.63, 3.8) is 0 Å². The molecule has 3 rings (SSSR count). The quantitative estimate of drug-likeness (QED) is 0.866. The maximum atomic E-state index is 13.6. The lowest BCUT2D eigenvalue weighted by molar-refractivity contribution is 0.0671. The average molecular weight is 380 g/mol. The molecule has 2 aromatic carbocycles. The smallest absolute Gasteiger partial charge is 0.322 e. The highest BCUT2D eigenvalue weighted by atomic mass is 35.5. The normalized spacial score (nSPS) is 14.3. The number of carbonyl (C=O) groups is 2. The molecule has 0 radical (unpaired) electrons. The zero-order chi connectivity index (χ0) is 18.7. The highest BCUT2D eigenvalue weighted by molar-refractivity contribution is 6.30. The van der Waals surface area contributed by atoms with Crippen LogP contribution in [0, 0.1) is 11.6 Å². The number of piperazine rings is 1. The van der Waals surface area contributed by atoms with Crippen molar-refractivity contribution in [2.24, 2.45) is 0 Å². The summed E-state index contributed by atoms with van der Waals surface area (Å²) in [6.45, 7) is 1.35. The first-order valence-corrected chi connectivity index (χ1v) is 8.37. The van der Waals surface area contributed by atoms with Crippen molar-refractivity contribution in [1.29, 1.82) is 0 Å². The Morgan fingerprint density at radius 1 is 0.923 bits per heavy atom. The predicted octanol–water partition coefficient (Wildman–Crippen LogP) is 3.61. The van der Waals surface area contributed by atoms with E-state index < -0.39 is 17.7 Å². The highest BCUT2D eigenvalue weighted by Gasteiger charge is 2.25. The first kappa shape index (κ1) is 18.1. The number of hydrogen-bond acceptors (Lipinski definition) is 2. The predicted molar refractivity (Wildman–Crippen MR) is 94.3 cm³/mol. The van der Waals surface area contributed by atoms with E-state index in [1.54, 1.807) is 29.2 Å². The fourth-order valence-electron chi connectivity index (χ4n) is 2.67. The zero-order valence-electron chi connectivity index (χ0n) is 13.7. The third kappa shape index (κ3) is 4.11. The molecule has 1 heterocycles. The van der Waals surface area contributed by atoms with E-state index in [1.807, 2.05) is 0 Å². The Hall–Kier alpha value is -2.67. The summed E-state index contributed by atoms with van der Waals surface area (Å²) in [5.41, 5.74) is 0.441. The van der Waals surface area contributed by atoms with Gasteiger partial charge in [-0.3, -0.25) is 4.79 Å². The van der Waals surface area contributed by atoms with E-state index in [2.05, 4.69) is 5.32 Å². The van der Waals surface area contributed by atoms with Gasteiger partial charge in [0.25, 0.3) is 5.91 Å². The van der Waals surface area contributed by atoms with Crippen molar-refractivity contribution < 1.29 is 18.4 Å². The molecule has 3 amide bonds. The number of anilines is 1. The lowest BCUT2D eigenvalue weighted by atomic mass is 10.2. The summed E-state index contributed by atoms with van der Waals surface area (Å²) in [7, 11) is 0. The summed E-state index contributed by atoms with van der Waals surface area (Å²) < 4.78 is 26.5. The number of benzene rings is 2. The summed E-state index contributed by atoms with van der Waals surface area (Å²) in [4.78, 5) is 27.8. The van der Waals surface area contributed by atoms with Crippen LogP contribution in [-0.4, -0.2) is 47.9 Å². The molecule has 5 nitrogen and oxygen atoms in total. The van der Waals surface area contributed by atoms with Gasteiger partial charge in [0.1, 0.15) is 11.6 Å². The topological polar surface area (TPSA) is 52.7 Å². The molecule has 2 aromatic rings. The van der Waals surface area contributed by atoms with Gasteiger partial charge in [-0.25, -0.2) is 13.6 Å². The molecule has 8 heteroatoms. The van der Waals surface area contributed by atoms with Crippen molar-refractivity contribution in [3.05, 3.63) is 64.7 Å². The lowest BCUT2D eigenvalue weighted by Gasteiger charge is -2.34. The van der Waals surface area contributed by atoms with E-state index in [-0.39, 0.29) is 11.6 Å². The monoisotopic (exact) mass is 379 g/mol. The largest absolute Gasteiger partial charge is 0.335 e. The molecule has 1 aliphatic heterocycles. The van der Waals surface area contributed by atoms with Gasteiger partial charge in [0.2, 0.25) is 0 Å². The Morgan fingerprint density at radius 3 is 2.15 bits per heavy atom. The molecular weight excluding hydrogens is 364 g/mol. The van der Waals surface area contributed by atoms with Crippen LogP contribution in [0.15, 0.2) is 42.5 Å². The van der Waals surface area contributed by atoms with Gasteiger partial charge in [-0.05, 0) is 36.4 Å². The third-order valence-corrected chi connectivity index (χ3v) is 4.37. The molecule has 1 fully saturated rings. The average Bonchev–Trinajstić information content (AvgIpc) is 2.64. The molecule has 0 bridgehead atoms. The van der Waals surface area contributed by atoms with Gasteiger partial charge in [-0.2, -0.15) is 0 Å². The minimum Gasteiger partial charge on any atom is -0.335 e. The Morgan fingerprint density at radius 2 is 1.54 bits per heavy atom. The van der Waals surface area contributed by atoms with E-state index in [9.17, 15) is 18.4 Å². The fourth-order valence-corrected chi connectivity index (χ4v) is 2.80. The molecule has 0 saturated carbocycles. The standard InChI is InChI=1S/C18H16ClF2N3O2/c19-13-3-1-12(2-4-13)17(25)23-7-9-24(10-8-23)18(26)22-16-6-5-14(20)11-15(16)21/h1-6,11H,7-10H2,(H,22,26). The first-order valence-electron chi connectivity index (χ1n) is 8.00. The second-order valence-corrected chi connectivity index (χ2v) is 6.28. The van der Waals surface area contributed by atoms with Crippen LogP contribution in [0.1, 0.15) is 10.4 Å². The summed E-state index contributed by atoms with van der Waals surface area (Å²) in [6, 6.07) is 9.06. The maximum Gasteiger partial charge on any atom is 0.322 e. The highest BCUT2D eigenvalue weighted by Crippen LogP contribution is 2.17. The van der Waals surface area contributed by atoms with E-state index in [0.717, 1.165) is 6.07 Å². The number of halogens is 3. The fraction of sp³-hybridized carbons (Fsp3) is 0.222. The number of nitrogens with one attached hydrogen (secondary N) is 1.